The van der Waals surface area contributed by atoms with Crippen LogP contribution in [-0.4, -0.2) is 13.6 Å². The predicted molar refractivity (Wildman–Crippen MR) is 143 cm³/mol. The van der Waals surface area contributed by atoms with E-state index in [1.807, 2.05) is 0 Å². The van der Waals surface area contributed by atoms with Gasteiger partial charge in [0.15, 0.2) is 12.7 Å². The number of carbonyl (C=O) groups is 1. The summed E-state index contributed by atoms with van der Waals surface area (Å²) in [5.74, 6) is -0.213. The molecule has 4 aromatic rings. The first-order valence-corrected chi connectivity index (χ1v) is 12.2. The van der Waals surface area contributed by atoms with Crippen LogP contribution in [0.15, 0.2) is 75.9 Å². The Morgan fingerprint density at radius 3 is 2.11 bits per heavy atom. The van der Waals surface area contributed by atoms with E-state index in [1.165, 1.54) is 17.2 Å². The van der Waals surface area contributed by atoms with Crippen molar-refractivity contribution in [3.8, 4) is 0 Å². The lowest BCUT2D eigenvalue weighted by Crippen LogP contribution is -2.24. The molecule has 0 bridgehead atoms. The summed E-state index contributed by atoms with van der Waals surface area (Å²) < 4.78 is 45.6. The monoisotopic (exact) mass is 505 g/mol. The first kappa shape index (κ1) is 28.0. The summed E-state index contributed by atoms with van der Waals surface area (Å²) in [4.78, 5) is 23.4. The maximum absolute atomic E-state index is 13.3. The lowest BCUT2D eigenvalue weighted by molar-refractivity contribution is -0.137. The third kappa shape index (κ3) is 6.79. The molecule has 0 spiro atoms. The smallest absolute Gasteiger partial charge is 0.416 e. The Morgan fingerprint density at radius 1 is 0.946 bits per heavy atom. The van der Waals surface area contributed by atoms with Crippen LogP contribution >= 0.6 is 0 Å². The van der Waals surface area contributed by atoms with Crippen LogP contribution in [-0.2, 0) is 19.0 Å². The van der Waals surface area contributed by atoms with Gasteiger partial charge in [0.25, 0.3) is 0 Å². The van der Waals surface area contributed by atoms with Gasteiger partial charge in [-0.3, -0.25) is 9.59 Å². The highest BCUT2D eigenvalue weighted by atomic mass is 19.4. The maximum Gasteiger partial charge on any atom is 0.416 e. The number of hydrogen-bond donors (Lipinski definition) is 0. The summed E-state index contributed by atoms with van der Waals surface area (Å²) in [6.45, 7) is 7.67. The lowest BCUT2D eigenvalue weighted by Gasteiger charge is -2.17. The van der Waals surface area contributed by atoms with Crippen molar-refractivity contribution >= 4 is 30.0 Å². The number of aldehydes is 1. The second-order valence-electron chi connectivity index (χ2n) is 8.84. The van der Waals surface area contributed by atoms with E-state index >= 15 is 0 Å². The van der Waals surface area contributed by atoms with Gasteiger partial charge >= 0.3 is 6.18 Å². The number of alkyl halides is 3. The number of fused-ring (bicyclic) bond motifs is 1. The molecular formula is C30H29BF3O3. The molecule has 1 heterocycles. The van der Waals surface area contributed by atoms with E-state index in [4.69, 9.17) is 4.42 Å². The van der Waals surface area contributed by atoms with Gasteiger partial charge in [-0.25, -0.2) is 0 Å². The quantitative estimate of drug-likeness (QED) is 0.213. The molecule has 7 heteroatoms. The van der Waals surface area contributed by atoms with E-state index in [0.717, 1.165) is 25.0 Å². The van der Waals surface area contributed by atoms with Crippen LogP contribution in [0.5, 0.6) is 0 Å². The van der Waals surface area contributed by atoms with E-state index in [2.05, 4.69) is 38.1 Å². The number of halogens is 3. The molecule has 1 atom stereocenters. The Kier molecular flexibility index (Phi) is 9.14. The fourth-order valence-electron chi connectivity index (χ4n) is 4.28. The predicted octanol–water partition coefficient (Wildman–Crippen LogP) is 6.83. The van der Waals surface area contributed by atoms with Crippen LogP contribution in [0.1, 0.15) is 65.0 Å². The summed E-state index contributed by atoms with van der Waals surface area (Å²) in [5.41, 5.74) is 2.93. The van der Waals surface area contributed by atoms with Gasteiger partial charge in [-0.15, -0.1) is 0 Å². The molecule has 0 aliphatic heterocycles. The summed E-state index contributed by atoms with van der Waals surface area (Å²) >= 11 is 0. The van der Waals surface area contributed by atoms with Gasteiger partial charge in [0.1, 0.15) is 17.6 Å². The van der Waals surface area contributed by atoms with Crippen molar-refractivity contribution in [2.24, 2.45) is 0 Å². The third-order valence-electron chi connectivity index (χ3n) is 6.23. The van der Waals surface area contributed by atoms with Crippen LogP contribution in [0.25, 0.3) is 11.0 Å². The van der Waals surface area contributed by atoms with Gasteiger partial charge in [-0.2, -0.15) is 13.2 Å². The minimum absolute atomic E-state index is 0.116. The van der Waals surface area contributed by atoms with Crippen LogP contribution in [0.2, 0.25) is 0 Å². The molecule has 0 saturated carbocycles. The van der Waals surface area contributed by atoms with Crippen molar-refractivity contribution in [3.63, 3.8) is 0 Å². The maximum atomic E-state index is 13.3. The molecule has 0 N–H and O–H groups in total. The Morgan fingerprint density at radius 2 is 1.54 bits per heavy atom. The average Bonchev–Trinajstić information content (AvgIpc) is 2.88. The molecule has 1 aromatic heterocycles. The van der Waals surface area contributed by atoms with Crippen molar-refractivity contribution in [2.45, 2.75) is 52.5 Å². The van der Waals surface area contributed by atoms with Gasteiger partial charge in [0.05, 0.1) is 10.9 Å². The van der Waals surface area contributed by atoms with Gasteiger partial charge in [0, 0.05) is 11.6 Å². The van der Waals surface area contributed by atoms with Crippen molar-refractivity contribution in [1.82, 2.24) is 0 Å². The molecule has 37 heavy (non-hydrogen) atoms. The minimum Gasteiger partial charge on any atom is -0.461 e. The second kappa shape index (κ2) is 12.1. The summed E-state index contributed by atoms with van der Waals surface area (Å²) in [5, 5.41) is -0.116. The largest absolute Gasteiger partial charge is 0.461 e. The molecule has 0 aliphatic carbocycles. The number of hydrogen-bond acceptors (Lipinski definition) is 3. The zero-order chi connectivity index (χ0) is 27.2. The topological polar surface area (TPSA) is 47.3 Å². The molecule has 1 radical (unpaired) electrons. The van der Waals surface area contributed by atoms with E-state index < -0.39 is 23.0 Å². The average molecular weight is 505 g/mol. The second-order valence-corrected chi connectivity index (χ2v) is 8.84. The highest BCUT2D eigenvalue weighted by Gasteiger charge is 2.33. The van der Waals surface area contributed by atoms with Crippen LogP contribution < -0.4 is 10.9 Å². The van der Waals surface area contributed by atoms with Gasteiger partial charge in [-0.1, -0.05) is 74.8 Å². The standard InChI is InChI=1S/C20H15BF3O3.C10H14/c1-11-7-18(26)16-9-14(20(22,23)24)8-15(19(16)27-11)12(2)21-17-6-4-3-5-13(17)10-25;1-3-9-7-5-6-8-10(9)4-2/h3-10,12H,1-2H3;5-8H,3-4H2,1-2H3. The zero-order valence-electron chi connectivity index (χ0n) is 21.4. The summed E-state index contributed by atoms with van der Waals surface area (Å²) in [6.07, 6.45) is -1.60. The Balaban J connectivity index is 0.000000319. The molecule has 4 rings (SSSR count). The zero-order valence-corrected chi connectivity index (χ0v) is 21.4. The first-order chi connectivity index (χ1) is 17.6. The summed E-state index contributed by atoms with van der Waals surface area (Å²) in [6, 6.07) is 18.4. The SMILES string of the molecule is CCc1ccccc1CC.Cc1cc(=O)c2cc(C(F)(F)F)cc(C(C)[B]c3ccccc3C=O)c2o1. The highest BCUT2D eigenvalue weighted by molar-refractivity contribution is 6.56. The molecular weight excluding hydrogens is 476 g/mol. The van der Waals surface area contributed by atoms with Crippen LogP contribution in [0.3, 0.4) is 0 Å². The molecule has 191 valence electrons. The lowest BCUT2D eigenvalue weighted by atomic mass is 9.56. The number of rotatable bonds is 6. The van der Waals surface area contributed by atoms with E-state index in [0.29, 0.717) is 23.1 Å². The fraction of sp³-hybridized carbons (Fsp3) is 0.267. The van der Waals surface area contributed by atoms with Crippen molar-refractivity contribution in [1.29, 1.82) is 0 Å². The van der Waals surface area contributed by atoms with Gasteiger partial charge in [0.2, 0.25) is 0 Å². The van der Waals surface area contributed by atoms with Gasteiger partial charge < -0.3 is 4.42 Å². The van der Waals surface area contributed by atoms with Crippen molar-refractivity contribution in [3.05, 3.63) is 111 Å². The fourth-order valence-corrected chi connectivity index (χ4v) is 4.28. The Bertz CT molecular complexity index is 1420. The van der Waals surface area contributed by atoms with E-state index in [-0.39, 0.29) is 16.5 Å². The molecule has 3 nitrogen and oxygen atoms in total. The van der Waals surface area contributed by atoms with Crippen molar-refractivity contribution < 1.29 is 22.4 Å². The summed E-state index contributed by atoms with van der Waals surface area (Å²) in [7, 11) is 1.68. The molecule has 0 saturated heterocycles. The Labute approximate surface area is 215 Å². The van der Waals surface area contributed by atoms with Gasteiger partial charge in [-0.05, 0) is 54.4 Å². The van der Waals surface area contributed by atoms with E-state index in [1.54, 1.807) is 45.4 Å². The first-order valence-electron chi connectivity index (χ1n) is 12.2. The highest BCUT2D eigenvalue weighted by Crippen LogP contribution is 2.35. The number of benzene rings is 3. The van der Waals surface area contributed by atoms with Crippen molar-refractivity contribution in [2.75, 3.05) is 0 Å². The van der Waals surface area contributed by atoms with Crippen LogP contribution in [0.4, 0.5) is 13.2 Å². The molecule has 3 aromatic carbocycles. The minimum atomic E-state index is -4.60. The van der Waals surface area contributed by atoms with Crippen LogP contribution in [0, 0.1) is 6.92 Å². The number of aryl methyl sites for hydroxylation is 3. The van der Waals surface area contributed by atoms with E-state index in [9.17, 15) is 22.8 Å². The molecule has 0 amide bonds. The number of carbonyl (C=O) groups excluding carboxylic acids is 1. The molecule has 0 fully saturated rings. The normalized spacial score (nSPS) is 12.0. The third-order valence-corrected chi connectivity index (χ3v) is 6.23. The molecule has 1 unspecified atom stereocenters. The Hall–Kier alpha value is -3.61. The molecule has 0 aliphatic rings.